The summed E-state index contributed by atoms with van der Waals surface area (Å²) in [6.07, 6.45) is 0. The molecule has 0 aliphatic carbocycles. The van der Waals surface area contributed by atoms with E-state index in [2.05, 4.69) is 9.71 Å². The van der Waals surface area contributed by atoms with Crippen LogP contribution in [0.5, 0.6) is 0 Å². The van der Waals surface area contributed by atoms with Crippen molar-refractivity contribution in [1.29, 1.82) is 0 Å². The Morgan fingerprint density at radius 1 is 1.41 bits per heavy atom. The summed E-state index contributed by atoms with van der Waals surface area (Å²) in [5.74, 6) is 0. The quantitative estimate of drug-likeness (QED) is 0.836. The molecule has 1 aromatic carbocycles. The Labute approximate surface area is 104 Å². The average molecular weight is 271 g/mol. The number of thiazole rings is 1. The van der Waals surface area contributed by atoms with Gasteiger partial charge in [-0.25, -0.2) is 13.4 Å². The minimum atomic E-state index is -3.34. The van der Waals surface area contributed by atoms with Crippen LogP contribution in [0.1, 0.15) is 13.8 Å². The lowest BCUT2D eigenvalue weighted by molar-refractivity contribution is 0.593. The molecule has 2 aromatic rings. The Bertz CT molecular complexity index is 647. The maximum absolute atomic E-state index is 11.7. The predicted molar refractivity (Wildman–Crippen MR) is 71.7 cm³/mol. The van der Waals surface area contributed by atoms with Gasteiger partial charge in [0.15, 0.2) is 5.13 Å². The Morgan fingerprint density at radius 2 is 2.12 bits per heavy atom. The first kappa shape index (κ1) is 12.1. The fraction of sp³-hybridized carbons (Fsp3) is 0.300. The Morgan fingerprint density at radius 3 is 2.76 bits per heavy atom. The molecule has 0 saturated heterocycles. The van der Waals surface area contributed by atoms with E-state index in [9.17, 15) is 8.42 Å². The second kappa shape index (κ2) is 4.15. The zero-order chi connectivity index (χ0) is 12.6. The lowest BCUT2D eigenvalue weighted by Crippen LogP contribution is -2.22. The van der Waals surface area contributed by atoms with Crippen molar-refractivity contribution in [2.24, 2.45) is 0 Å². The number of hydrogen-bond donors (Lipinski definition) is 2. The van der Waals surface area contributed by atoms with E-state index in [0.717, 1.165) is 10.2 Å². The third-order valence-corrected chi connectivity index (χ3v) is 5.04. The normalized spacial score (nSPS) is 12.2. The summed E-state index contributed by atoms with van der Waals surface area (Å²) in [5.41, 5.74) is 7.03. The molecule has 0 spiro atoms. The van der Waals surface area contributed by atoms with Gasteiger partial charge in [0.2, 0.25) is 10.0 Å². The molecule has 0 atom stereocenters. The van der Waals surface area contributed by atoms with E-state index < -0.39 is 15.3 Å². The van der Waals surface area contributed by atoms with Crippen LogP contribution >= 0.6 is 11.3 Å². The number of sulfonamides is 1. The lowest BCUT2D eigenvalue weighted by atomic mass is 10.3. The zero-order valence-electron chi connectivity index (χ0n) is 9.47. The van der Waals surface area contributed by atoms with Crippen molar-refractivity contribution >= 4 is 42.4 Å². The van der Waals surface area contributed by atoms with Crippen molar-refractivity contribution in [2.75, 3.05) is 10.5 Å². The first-order valence-electron chi connectivity index (χ1n) is 5.06. The molecule has 17 heavy (non-hydrogen) atoms. The van der Waals surface area contributed by atoms with E-state index in [4.69, 9.17) is 5.73 Å². The third kappa shape index (κ3) is 2.50. The molecule has 0 radical (unpaired) electrons. The van der Waals surface area contributed by atoms with Crippen LogP contribution in [-0.4, -0.2) is 18.7 Å². The summed E-state index contributed by atoms with van der Waals surface area (Å²) in [6.45, 7) is 3.24. The topological polar surface area (TPSA) is 85.1 Å². The molecule has 3 N–H and O–H groups in total. The van der Waals surface area contributed by atoms with Crippen LogP contribution in [0.25, 0.3) is 10.2 Å². The maximum Gasteiger partial charge on any atom is 0.236 e. The molecule has 1 aromatic heterocycles. The number of rotatable bonds is 3. The van der Waals surface area contributed by atoms with E-state index in [1.165, 1.54) is 11.3 Å². The van der Waals surface area contributed by atoms with Gasteiger partial charge in [0.25, 0.3) is 0 Å². The summed E-state index contributed by atoms with van der Waals surface area (Å²) in [5, 5.41) is -0.112. The molecular weight excluding hydrogens is 258 g/mol. The van der Waals surface area contributed by atoms with Gasteiger partial charge in [-0.05, 0) is 32.0 Å². The smallest absolute Gasteiger partial charge is 0.236 e. The van der Waals surface area contributed by atoms with Gasteiger partial charge in [-0.1, -0.05) is 11.3 Å². The van der Waals surface area contributed by atoms with Gasteiger partial charge in [-0.3, -0.25) is 4.72 Å². The fourth-order valence-corrected chi connectivity index (χ4v) is 3.03. The number of nitrogen functional groups attached to an aromatic ring is 1. The number of nitrogens with zero attached hydrogens (tertiary/aromatic N) is 1. The third-order valence-electron chi connectivity index (χ3n) is 2.26. The summed E-state index contributed by atoms with van der Waals surface area (Å²) in [6, 6.07) is 5.29. The first-order chi connectivity index (χ1) is 7.88. The van der Waals surface area contributed by atoms with E-state index >= 15 is 0 Å². The molecule has 1 heterocycles. The molecule has 0 saturated carbocycles. The molecule has 0 amide bonds. The summed E-state index contributed by atoms with van der Waals surface area (Å²) >= 11 is 1.27. The minimum Gasteiger partial charge on any atom is -0.399 e. The maximum atomic E-state index is 11.7. The van der Waals surface area contributed by atoms with Crippen molar-refractivity contribution in [3.05, 3.63) is 18.2 Å². The molecule has 0 fully saturated rings. The Balaban J connectivity index is 2.38. The van der Waals surface area contributed by atoms with Gasteiger partial charge < -0.3 is 5.73 Å². The number of anilines is 2. The van der Waals surface area contributed by atoms with E-state index in [1.807, 2.05) is 0 Å². The summed E-state index contributed by atoms with van der Waals surface area (Å²) < 4.78 is 26.7. The number of fused-ring (bicyclic) bond motifs is 1. The highest BCUT2D eigenvalue weighted by Crippen LogP contribution is 2.28. The molecule has 92 valence electrons. The molecule has 2 rings (SSSR count). The number of nitrogens with one attached hydrogen (secondary N) is 1. The molecule has 0 aliphatic heterocycles. The van der Waals surface area contributed by atoms with Crippen LogP contribution in [0.2, 0.25) is 0 Å². The summed E-state index contributed by atoms with van der Waals surface area (Å²) in [4.78, 5) is 4.19. The largest absolute Gasteiger partial charge is 0.399 e. The van der Waals surface area contributed by atoms with Gasteiger partial charge in [0.1, 0.15) is 0 Å². The van der Waals surface area contributed by atoms with E-state index in [1.54, 1.807) is 32.0 Å². The fourth-order valence-electron chi connectivity index (χ4n) is 1.22. The summed E-state index contributed by atoms with van der Waals surface area (Å²) in [7, 11) is -3.34. The first-order valence-corrected chi connectivity index (χ1v) is 7.42. The predicted octanol–water partition coefficient (Wildman–Crippen LogP) is 2.03. The molecule has 0 unspecified atom stereocenters. The van der Waals surface area contributed by atoms with Gasteiger partial charge in [-0.2, -0.15) is 0 Å². The van der Waals surface area contributed by atoms with Crippen LogP contribution in [0.3, 0.4) is 0 Å². The van der Waals surface area contributed by atoms with Gasteiger partial charge in [-0.15, -0.1) is 0 Å². The zero-order valence-corrected chi connectivity index (χ0v) is 11.1. The lowest BCUT2D eigenvalue weighted by Gasteiger charge is -2.06. The molecular formula is C10H13N3O2S2. The van der Waals surface area contributed by atoms with Gasteiger partial charge in [0, 0.05) is 5.69 Å². The molecule has 0 aliphatic rings. The number of nitrogens with two attached hydrogens (primary N) is 1. The highest BCUT2D eigenvalue weighted by atomic mass is 32.2. The molecule has 0 bridgehead atoms. The van der Waals surface area contributed by atoms with Crippen LogP contribution < -0.4 is 10.5 Å². The van der Waals surface area contributed by atoms with Crippen LogP contribution in [0.4, 0.5) is 10.8 Å². The highest BCUT2D eigenvalue weighted by molar-refractivity contribution is 7.93. The second-order valence-corrected chi connectivity index (χ2v) is 7.21. The van der Waals surface area contributed by atoms with Crippen molar-refractivity contribution < 1.29 is 8.42 Å². The second-order valence-electron chi connectivity index (χ2n) is 3.94. The highest BCUT2D eigenvalue weighted by Gasteiger charge is 2.17. The van der Waals surface area contributed by atoms with Crippen LogP contribution in [0.15, 0.2) is 18.2 Å². The van der Waals surface area contributed by atoms with E-state index in [-0.39, 0.29) is 0 Å². The molecule has 5 nitrogen and oxygen atoms in total. The average Bonchev–Trinajstić information content (AvgIpc) is 2.57. The number of aromatic nitrogens is 1. The SMILES string of the molecule is CC(C)S(=O)(=O)Nc1nc2ccc(N)cc2s1. The van der Waals surface area contributed by atoms with Crippen LogP contribution in [-0.2, 0) is 10.0 Å². The van der Waals surface area contributed by atoms with Gasteiger partial charge in [0.05, 0.1) is 15.5 Å². The Hall–Kier alpha value is -1.34. The Kier molecular flexibility index (Phi) is 2.96. The minimum absolute atomic E-state index is 0.374. The van der Waals surface area contributed by atoms with Gasteiger partial charge >= 0.3 is 0 Å². The van der Waals surface area contributed by atoms with E-state index in [0.29, 0.717) is 10.8 Å². The number of hydrogen-bond acceptors (Lipinski definition) is 5. The van der Waals surface area contributed by atoms with Crippen molar-refractivity contribution in [3.8, 4) is 0 Å². The van der Waals surface area contributed by atoms with Crippen LogP contribution in [0, 0.1) is 0 Å². The van der Waals surface area contributed by atoms with Crippen molar-refractivity contribution in [2.45, 2.75) is 19.1 Å². The standard InChI is InChI=1S/C10H13N3O2S2/c1-6(2)17(14,15)13-10-12-8-4-3-7(11)5-9(8)16-10/h3-6H,11H2,1-2H3,(H,12,13). The van der Waals surface area contributed by atoms with Crippen molar-refractivity contribution in [3.63, 3.8) is 0 Å². The molecule has 7 heteroatoms. The van der Waals surface area contributed by atoms with Crippen molar-refractivity contribution in [1.82, 2.24) is 4.98 Å². The number of benzene rings is 1. The monoisotopic (exact) mass is 271 g/mol.